The average Bonchev–Trinajstić information content (AvgIpc) is 3.20. The summed E-state index contributed by atoms with van der Waals surface area (Å²) in [4.78, 5) is 6.47. The molecule has 0 radical (unpaired) electrons. The number of hydrogen-bond donors (Lipinski definition) is 1. The maximum Gasteiger partial charge on any atom is 0.258 e. The highest BCUT2D eigenvalue weighted by Gasteiger charge is 2.33. The van der Waals surface area contributed by atoms with Gasteiger partial charge in [-0.05, 0) is 55.4 Å². The maximum atomic E-state index is 13.9. The number of nitrogens with one attached hydrogen (secondary N) is 1. The van der Waals surface area contributed by atoms with Crippen LogP contribution in [0.3, 0.4) is 0 Å². The third-order valence-electron chi connectivity index (χ3n) is 4.96. The summed E-state index contributed by atoms with van der Waals surface area (Å²) < 4.78 is 33.1. The fraction of sp³-hybridized carbons (Fsp3) is 0.227. The maximum absolute atomic E-state index is 13.9. The van der Waals surface area contributed by atoms with Crippen LogP contribution in [0.5, 0.6) is 0 Å². The molecule has 0 bridgehead atoms. The number of hydrogen-bond acceptors (Lipinski definition) is 4. The van der Waals surface area contributed by atoms with Crippen molar-refractivity contribution in [3.63, 3.8) is 0 Å². The van der Waals surface area contributed by atoms with Gasteiger partial charge < -0.3 is 14.7 Å². The largest absolute Gasteiger partial charge is 0.351 e. The molecule has 1 N–H and O–H groups in total. The van der Waals surface area contributed by atoms with Crippen molar-refractivity contribution in [2.45, 2.75) is 26.3 Å². The Balaban J connectivity index is 1.82. The zero-order valence-corrected chi connectivity index (χ0v) is 17.3. The van der Waals surface area contributed by atoms with E-state index in [0.29, 0.717) is 28.4 Å². The van der Waals surface area contributed by atoms with E-state index in [1.807, 2.05) is 17.9 Å². The van der Waals surface area contributed by atoms with Crippen LogP contribution >= 0.6 is 12.2 Å². The van der Waals surface area contributed by atoms with Crippen LogP contribution in [-0.2, 0) is 0 Å². The molecule has 0 fully saturated rings. The van der Waals surface area contributed by atoms with Crippen LogP contribution in [-0.4, -0.2) is 26.7 Å². The fourth-order valence-electron chi connectivity index (χ4n) is 3.57. The first-order valence-electron chi connectivity index (χ1n) is 9.62. The van der Waals surface area contributed by atoms with Gasteiger partial charge in [-0.2, -0.15) is 4.98 Å². The quantitative estimate of drug-likeness (QED) is 0.574. The van der Waals surface area contributed by atoms with E-state index in [1.165, 1.54) is 24.3 Å². The molecule has 1 unspecified atom stereocenters. The van der Waals surface area contributed by atoms with Gasteiger partial charge in [0, 0.05) is 17.8 Å². The third kappa shape index (κ3) is 3.82. The number of aromatic nitrogens is 2. The summed E-state index contributed by atoms with van der Waals surface area (Å²) in [5, 5.41) is 7.86. The summed E-state index contributed by atoms with van der Waals surface area (Å²) in [7, 11) is 0. The Morgan fingerprint density at radius 2 is 1.87 bits per heavy atom. The van der Waals surface area contributed by atoms with Gasteiger partial charge in [0.2, 0.25) is 5.82 Å². The van der Waals surface area contributed by atoms with Gasteiger partial charge in [-0.25, -0.2) is 8.78 Å². The minimum Gasteiger partial charge on any atom is -0.351 e. The summed E-state index contributed by atoms with van der Waals surface area (Å²) in [5.74, 6) is -0.181. The molecule has 0 amide bonds. The number of rotatable bonds is 5. The molecule has 0 spiro atoms. The summed E-state index contributed by atoms with van der Waals surface area (Å²) in [6.45, 7) is 4.70. The average molecular weight is 426 g/mol. The second kappa shape index (κ2) is 8.31. The number of benzene rings is 2. The van der Waals surface area contributed by atoms with Gasteiger partial charge in [-0.1, -0.05) is 36.3 Å². The molecule has 1 aliphatic rings. The Morgan fingerprint density at radius 3 is 2.57 bits per heavy atom. The topological polar surface area (TPSA) is 54.2 Å². The highest BCUT2D eigenvalue weighted by Crippen LogP contribution is 2.37. The van der Waals surface area contributed by atoms with E-state index in [2.05, 4.69) is 22.4 Å². The molecule has 8 heteroatoms. The monoisotopic (exact) mass is 426 g/mol. The molecule has 2 aromatic carbocycles. The summed E-state index contributed by atoms with van der Waals surface area (Å²) in [6.07, 6.45) is 0.884. The van der Waals surface area contributed by atoms with Gasteiger partial charge in [-0.3, -0.25) is 0 Å². The fourth-order valence-corrected chi connectivity index (χ4v) is 3.91. The highest BCUT2D eigenvalue weighted by molar-refractivity contribution is 7.80. The molecule has 2 heterocycles. The second-order valence-electron chi connectivity index (χ2n) is 7.02. The number of halogens is 2. The minimum atomic E-state index is -0.456. The number of nitrogens with zero attached hydrogens (tertiary/aromatic N) is 3. The molecular weight excluding hydrogens is 406 g/mol. The third-order valence-corrected chi connectivity index (χ3v) is 5.30. The van der Waals surface area contributed by atoms with E-state index in [-0.39, 0.29) is 23.3 Å². The molecule has 1 aromatic heterocycles. The zero-order chi connectivity index (χ0) is 21.3. The molecule has 154 valence electrons. The Bertz CT molecular complexity index is 1130. The number of thiocarbonyl (C=S) groups is 1. The van der Waals surface area contributed by atoms with Gasteiger partial charge in [0.05, 0.1) is 11.6 Å². The van der Waals surface area contributed by atoms with Gasteiger partial charge in [0.25, 0.3) is 5.89 Å². The van der Waals surface area contributed by atoms with E-state index in [1.54, 1.807) is 18.2 Å². The van der Waals surface area contributed by atoms with Crippen LogP contribution in [0.1, 0.15) is 37.8 Å². The van der Waals surface area contributed by atoms with Gasteiger partial charge in [0.15, 0.2) is 5.11 Å². The standard InChI is InChI=1S/C22H20F2N4OS/c1-3-10-28-13(2)18(19(25-22(28)30)14-6-4-8-16(23)11-14)21-26-20(27-29-21)15-7-5-9-17(24)12-15/h4-9,11-12,19H,3,10H2,1-2H3,(H,25,30). The molecule has 5 nitrogen and oxygen atoms in total. The molecular formula is C22H20F2N4OS. The van der Waals surface area contributed by atoms with Crippen LogP contribution in [0.25, 0.3) is 17.0 Å². The van der Waals surface area contributed by atoms with Crippen molar-refractivity contribution in [2.24, 2.45) is 0 Å². The van der Waals surface area contributed by atoms with Crippen molar-refractivity contribution in [2.75, 3.05) is 6.54 Å². The molecule has 1 atom stereocenters. The summed E-state index contributed by atoms with van der Waals surface area (Å²) in [6, 6.07) is 11.8. The van der Waals surface area contributed by atoms with Crippen LogP contribution < -0.4 is 5.32 Å². The van der Waals surface area contributed by atoms with Crippen molar-refractivity contribution in [3.05, 3.63) is 77.3 Å². The van der Waals surface area contributed by atoms with E-state index in [0.717, 1.165) is 12.1 Å². The van der Waals surface area contributed by atoms with Gasteiger partial charge in [-0.15, -0.1) is 0 Å². The molecule has 0 aliphatic carbocycles. The molecule has 3 aromatic rings. The molecule has 30 heavy (non-hydrogen) atoms. The van der Waals surface area contributed by atoms with Gasteiger partial charge >= 0.3 is 0 Å². The van der Waals surface area contributed by atoms with E-state index in [4.69, 9.17) is 16.7 Å². The predicted octanol–water partition coefficient (Wildman–Crippen LogP) is 5.09. The predicted molar refractivity (Wildman–Crippen MR) is 114 cm³/mol. The molecule has 4 rings (SSSR count). The summed E-state index contributed by atoms with van der Waals surface area (Å²) in [5.41, 5.74) is 2.76. The Labute approximate surface area is 178 Å². The van der Waals surface area contributed by atoms with E-state index < -0.39 is 6.04 Å². The lowest BCUT2D eigenvalue weighted by atomic mass is 9.94. The van der Waals surface area contributed by atoms with Gasteiger partial charge in [0.1, 0.15) is 11.6 Å². The molecule has 1 aliphatic heterocycles. The normalized spacial score (nSPS) is 16.7. The zero-order valence-electron chi connectivity index (χ0n) is 16.5. The van der Waals surface area contributed by atoms with Crippen molar-refractivity contribution >= 4 is 22.9 Å². The van der Waals surface area contributed by atoms with Crippen molar-refractivity contribution in [3.8, 4) is 11.4 Å². The molecule has 0 saturated heterocycles. The van der Waals surface area contributed by atoms with Crippen LogP contribution in [0.15, 0.2) is 58.8 Å². The lowest BCUT2D eigenvalue weighted by Gasteiger charge is -2.37. The van der Waals surface area contributed by atoms with E-state index in [9.17, 15) is 8.78 Å². The lowest BCUT2D eigenvalue weighted by molar-refractivity contribution is 0.396. The first-order chi connectivity index (χ1) is 14.5. The highest BCUT2D eigenvalue weighted by atomic mass is 32.1. The molecule has 0 saturated carbocycles. The van der Waals surface area contributed by atoms with Crippen molar-refractivity contribution in [1.82, 2.24) is 20.4 Å². The van der Waals surface area contributed by atoms with Crippen molar-refractivity contribution < 1.29 is 13.3 Å². The lowest BCUT2D eigenvalue weighted by Crippen LogP contribution is -2.46. The first-order valence-corrected chi connectivity index (χ1v) is 10.0. The van der Waals surface area contributed by atoms with Crippen LogP contribution in [0, 0.1) is 11.6 Å². The Kier molecular flexibility index (Phi) is 5.59. The second-order valence-corrected chi connectivity index (χ2v) is 7.41. The van der Waals surface area contributed by atoms with Crippen LogP contribution in [0.2, 0.25) is 0 Å². The Morgan fingerprint density at radius 1 is 1.13 bits per heavy atom. The van der Waals surface area contributed by atoms with Crippen LogP contribution in [0.4, 0.5) is 8.78 Å². The van der Waals surface area contributed by atoms with Crippen molar-refractivity contribution in [1.29, 1.82) is 0 Å². The van der Waals surface area contributed by atoms with E-state index >= 15 is 0 Å². The first kappa shape index (κ1) is 20.2. The smallest absolute Gasteiger partial charge is 0.258 e. The SMILES string of the molecule is CCCN1C(=S)NC(c2cccc(F)c2)C(c2nc(-c3cccc(F)c3)no2)=C1C. The number of allylic oxidation sites excluding steroid dienone is 1. The summed E-state index contributed by atoms with van der Waals surface area (Å²) >= 11 is 5.56. The minimum absolute atomic E-state index is 0.275. The Hall–Kier alpha value is -3.13.